The summed E-state index contributed by atoms with van der Waals surface area (Å²) in [5, 5.41) is 1.65. The number of aryl methyl sites for hydroxylation is 2. The fourth-order valence-corrected chi connectivity index (χ4v) is 2.26. The first-order chi connectivity index (χ1) is 8.16. The summed E-state index contributed by atoms with van der Waals surface area (Å²) in [7, 11) is 1.98. The van der Waals surface area contributed by atoms with Crippen molar-refractivity contribution in [3.05, 3.63) is 35.5 Å². The lowest BCUT2D eigenvalue weighted by atomic mass is 10.1. The molecule has 0 atom stereocenters. The van der Waals surface area contributed by atoms with Crippen LogP contribution in [-0.4, -0.2) is 19.5 Å². The maximum absolute atomic E-state index is 5.99. The lowest BCUT2D eigenvalue weighted by Crippen LogP contribution is -1.90. The molecule has 0 aromatic carbocycles. The second-order valence-electron chi connectivity index (χ2n) is 4.04. The van der Waals surface area contributed by atoms with E-state index in [1.54, 1.807) is 6.20 Å². The smallest absolute Gasteiger partial charge is 0.138 e. The Labute approximate surface area is 103 Å². The molecule has 0 unspecified atom stereocenters. The standard InChI is InChI=1S/C12H11ClN4/c1-7-11(17(2)6-16-7)10-5-15-12-9(10)3-8(13)4-14-12/h3-6H,1-2H3,(H,14,15). The zero-order valence-corrected chi connectivity index (χ0v) is 10.3. The van der Waals surface area contributed by atoms with Crippen molar-refractivity contribution in [2.45, 2.75) is 6.92 Å². The fraction of sp³-hybridized carbons (Fsp3) is 0.167. The number of nitrogens with zero attached hydrogens (tertiary/aromatic N) is 3. The molecule has 3 aromatic heterocycles. The molecule has 3 aromatic rings. The number of pyridine rings is 1. The number of nitrogens with one attached hydrogen (secondary N) is 1. The Morgan fingerprint density at radius 3 is 2.88 bits per heavy atom. The Hall–Kier alpha value is -1.81. The first-order valence-electron chi connectivity index (χ1n) is 5.27. The average Bonchev–Trinajstić information content (AvgIpc) is 2.83. The van der Waals surface area contributed by atoms with Crippen molar-refractivity contribution in [1.82, 2.24) is 19.5 Å². The normalized spacial score (nSPS) is 11.2. The third-order valence-corrected chi connectivity index (χ3v) is 3.08. The molecular weight excluding hydrogens is 236 g/mol. The van der Waals surface area contributed by atoms with E-state index >= 15 is 0 Å². The highest BCUT2D eigenvalue weighted by atomic mass is 35.5. The predicted molar refractivity (Wildman–Crippen MR) is 68.0 cm³/mol. The molecule has 5 heteroatoms. The van der Waals surface area contributed by atoms with Crippen molar-refractivity contribution in [3.8, 4) is 11.3 Å². The number of aromatic nitrogens is 4. The number of rotatable bonds is 1. The second-order valence-corrected chi connectivity index (χ2v) is 4.48. The lowest BCUT2D eigenvalue weighted by molar-refractivity contribution is 0.922. The quantitative estimate of drug-likeness (QED) is 0.718. The van der Waals surface area contributed by atoms with Gasteiger partial charge in [0.1, 0.15) is 5.65 Å². The molecule has 0 aliphatic carbocycles. The highest BCUT2D eigenvalue weighted by molar-refractivity contribution is 6.31. The van der Waals surface area contributed by atoms with Crippen molar-refractivity contribution in [1.29, 1.82) is 0 Å². The van der Waals surface area contributed by atoms with Crippen LogP contribution in [0.2, 0.25) is 5.02 Å². The third kappa shape index (κ3) is 1.52. The number of H-pyrrole nitrogens is 1. The average molecular weight is 247 g/mol. The maximum atomic E-state index is 5.99. The van der Waals surface area contributed by atoms with Gasteiger partial charge in [0.15, 0.2) is 0 Å². The van der Waals surface area contributed by atoms with Gasteiger partial charge in [0.05, 0.1) is 22.7 Å². The molecule has 0 aliphatic rings. The minimum absolute atomic E-state index is 0.637. The highest BCUT2D eigenvalue weighted by Crippen LogP contribution is 2.30. The molecule has 86 valence electrons. The first kappa shape index (κ1) is 10.4. The second kappa shape index (κ2) is 3.60. The molecule has 3 rings (SSSR count). The minimum atomic E-state index is 0.637. The minimum Gasteiger partial charge on any atom is -0.345 e. The van der Waals surface area contributed by atoms with Gasteiger partial charge in [-0.2, -0.15) is 0 Å². The number of halogens is 1. The summed E-state index contributed by atoms with van der Waals surface area (Å²) >= 11 is 5.99. The van der Waals surface area contributed by atoms with Crippen LogP contribution in [0.5, 0.6) is 0 Å². The Morgan fingerprint density at radius 1 is 1.35 bits per heavy atom. The largest absolute Gasteiger partial charge is 0.345 e. The predicted octanol–water partition coefficient (Wildman–Crippen LogP) is 2.93. The number of aromatic amines is 1. The zero-order valence-electron chi connectivity index (χ0n) is 9.53. The molecule has 0 aliphatic heterocycles. The number of fused-ring (bicyclic) bond motifs is 1. The Morgan fingerprint density at radius 2 is 2.18 bits per heavy atom. The number of imidazole rings is 1. The van der Waals surface area contributed by atoms with Crippen LogP contribution >= 0.6 is 11.6 Å². The molecule has 0 spiro atoms. The molecule has 0 saturated carbocycles. The van der Waals surface area contributed by atoms with E-state index in [9.17, 15) is 0 Å². The van der Waals surface area contributed by atoms with Crippen molar-refractivity contribution < 1.29 is 0 Å². The van der Waals surface area contributed by atoms with Crippen LogP contribution in [0.25, 0.3) is 22.3 Å². The van der Waals surface area contributed by atoms with E-state index in [-0.39, 0.29) is 0 Å². The van der Waals surface area contributed by atoms with Gasteiger partial charge >= 0.3 is 0 Å². The van der Waals surface area contributed by atoms with Crippen LogP contribution in [0.4, 0.5) is 0 Å². The van der Waals surface area contributed by atoms with E-state index in [4.69, 9.17) is 11.6 Å². The molecule has 1 N–H and O–H groups in total. The van der Waals surface area contributed by atoms with Crippen LogP contribution in [0.15, 0.2) is 24.8 Å². The summed E-state index contributed by atoms with van der Waals surface area (Å²) in [5.74, 6) is 0. The number of hydrogen-bond acceptors (Lipinski definition) is 2. The van der Waals surface area contributed by atoms with Crippen molar-refractivity contribution in [2.24, 2.45) is 7.05 Å². The summed E-state index contributed by atoms with van der Waals surface area (Å²) in [6.07, 6.45) is 5.39. The molecule has 3 heterocycles. The van der Waals surface area contributed by atoms with Crippen molar-refractivity contribution in [3.63, 3.8) is 0 Å². The summed E-state index contributed by atoms with van der Waals surface area (Å²) in [6.45, 7) is 1.99. The van der Waals surface area contributed by atoms with Crippen LogP contribution in [0, 0.1) is 6.92 Å². The molecule has 0 bridgehead atoms. The fourth-order valence-electron chi connectivity index (χ4n) is 2.11. The summed E-state index contributed by atoms with van der Waals surface area (Å²) < 4.78 is 2.00. The summed E-state index contributed by atoms with van der Waals surface area (Å²) in [5.41, 5.74) is 3.99. The Kier molecular flexibility index (Phi) is 2.19. The van der Waals surface area contributed by atoms with E-state index in [0.29, 0.717) is 5.02 Å². The zero-order chi connectivity index (χ0) is 12.0. The molecule has 0 radical (unpaired) electrons. The van der Waals surface area contributed by atoms with Gasteiger partial charge < -0.3 is 9.55 Å². The lowest BCUT2D eigenvalue weighted by Gasteiger charge is -2.02. The van der Waals surface area contributed by atoms with Gasteiger partial charge in [0, 0.05) is 30.4 Å². The first-order valence-corrected chi connectivity index (χ1v) is 5.65. The van der Waals surface area contributed by atoms with Crippen LogP contribution < -0.4 is 0 Å². The van der Waals surface area contributed by atoms with E-state index in [0.717, 1.165) is 28.0 Å². The highest BCUT2D eigenvalue weighted by Gasteiger charge is 2.13. The Bertz CT molecular complexity index is 676. The van der Waals surface area contributed by atoms with Gasteiger partial charge in [-0.05, 0) is 13.0 Å². The molecule has 4 nitrogen and oxygen atoms in total. The van der Waals surface area contributed by atoms with Crippen LogP contribution in [0.3, 0.4) is 0 Å². The maximum Gasteiger partial charge on any atom is 0.138 e. The molecule has 17 heavy (non-hydrogen) atoms. The topological polar surface area (TPSA) is 46.5 Å². The van der Waals surface area contributed by atoms with E-state index in [1.165, 1.54) is 0 Å². The Balaban J connectivity index is 2.35. The third-order valence-electron chi connectivity index (χ3n) is 2.87. The van der Waals surface area contributed by atoms with Gasteiger partial charge in [0.25, 0.3) is 0 Å². The van der Waals surface area contributed by atoms with Crippen LogP contribution in [-0.2, 0) is 7.05 Å². The van der Waals surface area contributed by atoms with E-state index < -0.39 is 0 Å². The molecule has 0 fully saturated rings. The van der Waals surface area contributed by atoms with Gasteiger partial charge in [-0.15, -0.1) is 0 Å². The van der Waals surface area contributed by atoms with Gasteiger partial charge in [-0.25, -0.2) is 9.97 Å². The SMILES string of the molecule is Cc1ncn(C)c1-c1c[nH]c2ncc(Cl)cc12. The molecular formula is C12H11ClN4. The van der Waals surface area contributed by atoms with E-state index in [2.05, 4.69) is 15.0 Å². The van der Waals surface area contributed by atoms with Crippen LogP contribution in [0.1, 0.15) is 5.69 Å². The van der Waals surface area contributed by atoms with Gasteiger partial charge in [-0.3, -0.25) is 0 Å². The molecule has 0 amide bonds. The number of hydrogen-bond donors (Lipinski definition) is 1. The van der Waals surface area contributed by atoms with Crippen molar-refractivity contribution in [2.75, 3.05) is 0 Å². The van der Waals surface area contributed by atoms with Crippen molar-refractivity contribution >= 4 is 22.6 Å². The van der Waals surface area contributed by atoms with Gasteiger partial charge in [0.2, 0.25) is 0 Å². The van der Waals surface area contributed by atoms with Gasteiger partial charge in [-0.1, -0.05) is 11.6 Å². The van der Waals surface area contributed by atoms with E-state index in [1.807, 2.05) is 37.1 Å². The summed E-state index contributed by atoms with van der Waals surface area (Å²) in [6, 6.07) is 1.92. The monoisotopic (exact) mass is 246 g/mol. The molecule has 0 saturated heterocycles. The summed E-state index contributed by atoms with van der Waals surface area (Å²) in [4.78, 5) is 11.7.